The van der Waals surface area contributed by atoms with Gasteiger partial charge in [0.15, 0.2) is 0 Å². The van der Waals surface area contributed by atoms with Gasteiger partial charge in [0.05, 0.1) is 6.54 Å². The largest absolute Gasteiger partial charge is 0.335 e. The minimum Gasteiger partial charge on any atom is -0.335 e. The highest BCUT2D eigenvalue weighted by Gasteiger charge is 2.27. The molecule has 0 radical (unpaired) electrons. The number of amides is 2. The molecule has 2 heterocycles. The van der Waals surface area contributed by atoms with Crippen molar-refractivity contribution in [3.05, 3.63) is 34.9 Å². The summed E-state index contributed by atoms with van der Waals surface area (Å²) in [5, 5.41) is 4.02. The quantitative estimate of drug-likeness (QED) is 0.873. The summed E-state index contributed by atoms with van der Waals surface area (Å²) in [4.78, 5) is 28.3. The topological polar surface area (TPSA) is 52.7 Å². The Hall–Kier alpha value is -1.59. The van der Waals surface area contributed by atoms with Gasteiger partial charge in [-0.1, -0.05) is 23.7 Å². The molecule has 3 rings (SSSR count). The van der Waals surface area contributed by atoms with Gasteiger partial charge in [0.2, 0.25) is 11.8 Å². The number of piperazine rings is 1. The zero-order valence-electron chi connectivity index (χ0n) is 14.5. The Labute approximate surface area is 154 Å². The number of carbonyl (C=O) groups is 2. The van der Waals surface area contributed by atoms with Crippen molar-refractivity contribution in [1.82, 2.24) is 15.1 Å². The third-order valence-corrected chi connectivity index (χ3v) is 5.39. The van der Waals surface area contributed by atoms with Crippen LogP contribution in [0, 0.1) is 5.92 Å². The summed E-state index contributed by atoms with van der Waals surface area (Å²) >= 11 is 6.00. The molecule has 1 aromatic rings. The maximum Gasteiger partial charge on any atom is 0.242 e. The first-order valence-electron chi connectivity index (χ1n) is 9.12. The Balaban J connectivity index is 1.45. The lowest BCUT2D eigenvalue weighted by Gasteiger charge is -2.35. The van der Waals surface area contributed by atoms with E-state index in [1.807, 2.05) is 29.2 Å². The smallest absolute Gasteiger partial charge is 0.242 e. The van der Waals surface area contributed by atoms with Crippen LogP contribution in [0.2, 0.25) is 5.02 Å². The van der Waals surface area contributed by atoms with Crippen LogP contribution >= 0.6 is 11.6 Å². The lowest BCUT2D eigenvalue weighted by atomic mass is 9.93. The minimum atomic E-state index is 0.0152. The fourth-order valence-corrected chi connectivity index (χ4v) is 3.81. The fraction of sp³-hybridized carbons (Fsp3) is 0.579. The van der Waals surface area contributed by atoms with E-state index in [-0.39, 0.29) is 18.4 Å². The van der Waals surface area contributed by atoms with Crippen molar-refractivity contribution in [2.24, 2.45) is 5.92 Å². The number of piperidine rings is 1. The second-order valence-corrected chi connectivity index (χ2v) is 7.43. The van der Waals surface area contributed by atoms with Crippen molar-refractivity contribution in [3.63, 3.8) is 0 Å². The van der Waals surface area contributed by atoms with Crippen LogP contribution in [0.4, 0.5) is 0 Å². The average molecular weight is 364 g/mol. The van der Waals surface area contributed by atoms with Crippen molar-refractivity contribution in [2.75, 3.05) is 32.7 Å². The van der Waals surface area contributed by atoms with E-state index in [4.69, 9.17) is 11.6 Å². The lowest BCUT2D eigenvalue weighted by Crippen LogP contribution is -2.51. The van der Waals surface area contributed by atoms with E-state index >= 15 is 0 Å². The average Bonchev–Trinajstić information content (AvgIpc) is 2.62. The molecule has 5 nitrogen and oxygen atoms in total. The standard InChI is InChI=1S/C19H26ClN3O2/c20-17-3-1-2-16(12-17)13-22-10-11-23(14-19(22)25)18(24)5-4-15-6-8-21-9-7-15/h1-3,12,15,21H,4-11,13-14H2. The Morgan fingerprint density at radius 1 is 1.24 bits per heavy atom. The van der Waals surface area contributed by atoms with Gasteiger partial charge in [-0.15, -0.1) is 0 Å². The Morgan fingerprint density at radius 3 is 2.76 bits per heavy atom. The zero-order chi connectivity index (χ0) is 17.6. The summed E-state index contributed by atoms with van der Waals surface area (Å²) in [6.07, 6.45) is 3.81. The minimum absolute atomic E-state index is 0.0152. The van der Waals surface area contributed by atoms with E-state index < -0.39 is 0 Å². The first kappa shape index (κ1) is 18.2. The summed E-state index contributed by atoms with van der Waals surface area (Å²) in [5.41, 5.74) is 1.02. The summed E-state index contributed by atoms with van der Waals surface area (Å²) in [5.74, 6) is 0.778. The monoisotopic (exact) mass is 363 g/mol. The number of carbonyl (C=O) groups excluding carboxylic acids is 2. The summed E-state index contributed by atoms with van der Waals surface area (Å²) < 4.78 is 0. The molecule has 0 spiro atoms. The van der Waals surface area contributed by atoms with E-state index in [1.165, 1.54) is 0 Å². The molecule has 1 aromatic carbocycles. The molecule has 2 amide bonds. The fourth-order valence-electron chi connectivity index (χ4n) is 3.60. The molecule has 25 heavy (non-hydrogen) atoms. The van der Waals surface area contributed by atoms with Gasteiger partial charge < -0.3 is 15.1 Å². The van der Waals surface area contributed by atoms with Crippen molar-refractivity contribution in [3.8, 4) is 0 Å². The molecule has 2 saturated heterocycles. The third-order valence-electron chi connectivity index (χ3n) is 5.16. The highest BCUT2D eigenvalue weighted by atomic mass is 35.5. The molecule has 1 N–H and O–H groups in total. The van der Waals surface area contributed by atoms with Gasteiger partial charge >= 0.3 is 0 Å². The van der Waals surface area contributed by atoms with E-state index in [0.717, 1.165) is 37.9 Å². The van der Waals surface area contributed by atoms with Gasteiger partial charge in [0, 0.05) is 31.1 Å². The van der Waals surface area contributed by atoms with E-state index in [0.29, 0.717) is 37.0 Å². The molecule has 2 aliphatic rings. The van der Waals surface area contributed by atoms with E-state index in [9.17, 15) is 9.59 Å². The molecular formula is C19H26ClN3O2. The van der Waals surface area contributed by atoms with Gasteiger partial charge in [-0.2, -0.15) is 0 Å². The van der Waals surface area contributed by atoms with Crippen molar-refractivity contribution in [1.29, 1.82) is 0 Å². The van der Waals surface area contributed by atoms with Crippen molar-refractivity contribution >= 4 is 23.4 Å². The predicted molar refractivity (Wildman–Crippen MR) is 98.3 cm³/mol. The van der Waals surface area contributed by atoms with E-state index in [1.54, 1.807) is 4.90 Å². The molecular weight excluding hydrogens is 338 g/mol. The molecule has 6 heteroatoms. The van der Waals surface area contributed by atoms with Crippen LogP contribution in [0.1, 0.15) is 31.2 Å². The molecule has 0 unspecified atom stereocenters. The molecule has 2 aliphatic heterocycles. The number of rotatable bonds is 5. The molecule has 0 aliphatic carbocycles. The van der Waals surface area contributed by atoms with Gasteiger partial charge in [-0.05, 0) is 56.0 Å². The normalized spacial score (nSPS) is 19.3. The number of halogens is 1. The SMILES string of the molecule is O=C(CCC1CCNCC1)N1CCN(Cc2cccc(Cl)c2)C(=O)C1. The highest BCUT2D eigenvalue weighted by Crippen LogP contribution is 2.19. The molecule has 2 fully saturated rings. The van der Waals surface area contributed by atoms with Crippen LogP contribution in [0.15, 0.2) is 24.3 Å². The molecule has 0 aromatic heterocycles. The van der Waals surface area contributed by atoms with Crippen LogP contribution in [-0.4, -0.2) is 54.3 Å². The lowest BCUT2D eigenvalue weighted by molar-refractivity contribution is -0.145. The van der Waals surface area contributed by atoms with Crippen LogP contribution in [0.5, 0.6) is 0 Å². The molecule has 0 bridgehead atoms. The Bertz CT molecular complexity index is 616. The summed E-state index contributed by atoms with van der Waals surface area (Å²) in [6.45, 7) is 4.07. The van der Waals surface area contributed by atoms with Crippen LogP contribution in [-0.2, 0) is 16.1 Å². The molecule has 136 valence electrons. The summed E-state index contributed by atoms with van der Waals surface area (Å²) in [6, 6.07) is 7.57. The van der Waals surface area contributed by atoms with Crippen molar-refractivity contribution < 1.29 is 9.59 Å². The van der Waals surface area contributed by atoms with Gasteiger partial charge in [-0.25, -0.2) is 0 Å². The number of nitrogens with one attached hydrogen (secondary N) is 1. The Morgan fingerprint density at radius 2 is 2.04 bits per heavy atom. The van der Waals surface area contributed by atoms with Crippen LogP contribution in [0.25, 0.3) is 0 Å². The first-order chi connectivity index (χ1) is 12.1. The Kier molecular flexibility index (Phi) is 6.32. The number of hydrogen-bond donors (Lipinski definition) is 1. The van der Waals surface area contributed by atoms with Gasteiger partial charge in [0.25, 0.3) is 0 Å². The maximum atomic E-state index is 12.4. The highest BCUT2D eigenvalue weighted by molar-refractivity contribution is 6.30. The summed E-state index contributed by atoms with van der Waals surface area (Å²) in [7, 11) is 0. The number of nitrogens with zero attached hydrogens (tertiary/aromatic N) is 2. The molecule has 0 atom stereocenters. The van der Waals surface area contributed by atoms with Crippen molar-refractivity contribution in [2.45, 2.75) is 32.2 Å². The zero-order valence-corrected chi connectivity index (χ0v) is 15.3. The number of hydrogen-bond acceptors (Lipinski definition) is 3. The number of benzene rings is 1. The maximum absolute atomic E-state index is 12.4. The van der Waals surface area contributed by atoms with Crippen LogP contribution in [0.3, 0.4) is 0 Å². The third kappa shape index (κ3) is 5.19. The molecule has 0 saturated carbocycles. The second-order valence-electron chi connectivity index (χ2n) is 6.99. The first-order valence-corrected chi connectivity index (χ1v) is 9.50. The van der Waals surface area contributed by atoms with Crippen LogP contribution < -0.4 is 5.32 Å². The predicted octanol–water partition coefficient (Wildman–Crippen LogP) is 2.29. The van der Waals surface area contributed by atoms with E-state index in [2.05, 4.69) is 5.32 Å². The second kappa shape index (κ2) is 8.68. The van der Waals surface area contributed by atoms with Gasteiger partial charge in [-0.3, -0.25) is 9.59 Å². The van der Waals surface area contributed by atoms with Gasteiger partial charge in [0.1, 0.15) is 0 Å².